The zero-order chi connectivity index (χ0) is 13.8. The van der Waals surface area contributed by atoms with Crippen LogP contribution in [0.2, 0.25) is 0 Å². The number of hydrogen-bond acceptors (Lipinski definition) is 3. The molecule has 2 rings (SSSR count). The molecule has 1 aromatic rings. The van der Waals surface area contributed by atoms with Crippen molar-refractivity contribution < 1.29 is 14.3 Å². The fraction of sp³-hybridized carbons (Fsp3) is 0.429. The van der Waals surface area contributed by atoms with Crippen molar-refractivity contribution in [2.75, 3.05) is 6.54 Å². The summed E-state index contributed by atoms with van der Waals surface area (Å²) >= 11 is 0. The smallest absolute Gasteiger partial charge is 0.257 e. The van der Waals surface area contributed by atoms with Crippen molar-refractivity contribution in [3.63, 3.8) is 0 Å². The fourth-order valence-corrected chi connectivity index (χ4v) is 2.49. The number of benzene rings is 1. The number of halogens is 1. The van der Waals surface area contributed by atoms with E-state index < -0.39 is 11.7 Å². The van der Waals surface area contributed by atoms with Gasteiger partial charge in [-0.2, -0.15) is 5.26 Å². The van der Waals surface area contributed by atoms with Gasteiger partial charge in [0.25, 0.3) is 5.91 Å². The lowest BCUT2D eigenvalue weighted by molar-refractivity contribution is 0.0704. The number of amides is 1. The second kappa shape index (κ2) is 5.70. The number of carbonyl (C=O) groups excluding carboxylic acids is 1. The molecule has 1 aliphatic carbocycles. The van der Waals surface area contributed by atoms with Crippen molar-refractivity contribution in [2.24, 2.45) is 0 Å². The molecule has 0 aliphatic heterocycles. The second-order valence-electron chi connectivity index (χ2n) is 4.69. The summed E-state index contributed by atoms with van der Waals surface area (Å²) in [6, 6.07) is 5.41. The Hall–Kier alpha value is -2.09. The molecule has 100 valence electrons. The number of nitrogens with zero attached hydrogens (tertiary/aromatic N) is 2. The molecule has 0 atom stereocenters. The highest BCUT2D eigenvalue weighted by molar-refractivity contribution is 5.95. The van der Waals surface area contributed by atoms with E-state index in [0.29, 0.717) is 0 Å². The number of phenols is 1. The largest absolute Gasteiger partial charge is 0.508 e. The van der Waals surface area contributed by atoms with Gasteiger partial charge in [0.2, 0.25) is 0 Å². The predicted molar refractivity (Wildman–Crippen MR) is 67.0 cm³/mol. The molecular weight excluding hydrogens is 247 g/mol. The van der Waals surface area contributed by atoms with E-state index in [4.69, 9.17) is 10.4 Å². The van der Waals surface area contributed by atoms with Gasteiger partial charge in [0, 0.05) is 12.1 Å². The molecule has 1 aromatic carbocycles. The Morgan fingerprint density at radius 3 is 2.74 bits per heavy atom. The number of hydrogen-bond donors (Lipinski definition) is 1. The van der Waals surface area contributed by atoms with Crippen LogP contribution in [0, 0.1) is 17.1 Å². The summed E-state index contributed by atoms with van der Waals surface area (Å²) in [7, 11) is 0. The molecule has 5 heteroatoms. The predicted octanol–water partition coefficient (Wildman–Crippen LogP) is 2.44. The SMILES string of the molecule is N#CCN(C(=O)c1ccc(O)cc1F)C1CCCC1. The molecule has 4 nitrogen and oxygen atoms in total. The van der Waals surface area contributed by atoms with E-state index in [1.165, 1.54) is 17.0 Å². The average Bonchev–Trinajstić information content (AvgIpc) is 2.89. The first-order valence-corrected chi connectivity index (χ1v) is 6.30. The van der Waals surface area contributed by atoms with Crippen molar-refractivity contribution in [3.8, 4) is 11.8 Å². The second-order valence-corrected chi connectivity index (χ2v) is 4.69. The van der Waals surface area contributed by atoms with Crippen LogP contribution in [0.1, 0.15) is 36.0 Å². The Morgan fingerprint density at radius 2 is 2.16 bits per heavy atom. The van der Waals surface area contributed by atoms with Crippen molar-refractivity contribution >= 4 is 5.91 Å². The summed E-state index contributed by atoms with van der Waals surface area (Å²) in [5.74, 6) is -1.46. The summed E-state index contributed by atoms with van der Waals surface area (Å²) in [5.41, 5.74) is -0.0973. The molecule has 1 aliphatic rings. The molecule has 1 amide bonds. The van der Waals surface area contributed by atoms with E-state index in [9.17, 15) is 9.18 Å². The van der Waals surface area contributed by atoms with E-state index in [1.807, 2.05) is 6.07 Å². The first-order valence-electron chi connectivity index (χ1n) is 6.30. The van der Waals surface area contributed by atoms with Gasteiger partial charge in [0.1, 0.15) is 18.1 Å². The first-order chi connectivity index (χ1) is 9.13. The van der Waals surface area contributed by atoms with Crippen molar-refractivity contribution in [1.29, 1.82) is 5.26 Å². The molecule has 0 radical (unpaired) electrons. The molecule has 1 saturated carbocycles. The van der Waals surface area contributed by atoms with Crippen LogP contribution in [0.3, 0.4) is 0 Å². The molecule has 0 aromatic heterocycles. The molecule has 0 unspecified atom stereocenters. The zero-order valence-electron chi connectivity index (χ0n) is 10.5. The highest BCUT2D eigenvalue weighted by atomic mass is 19.1. The molecule has 0 saturated heterocycles. The summed E-state index contributed by atoms with van der Waals surface area (Å²) < 4.78 is 13.7. The van der Waals surface area contributed by atoms with Crippen LogP contribution in [-0.4, -0.2) is 28.5 Å². The highest BCUT2D eigenvalue weighted by Gasteiger charge is 2.28. The first kappa shape index (κ1) is 13.3. The Labute approximate surface area is 111 Å². The van der Waals surface area contributed by atoms with Crippen molar-refractivity contribution in [3.05, 3.63) is 29.6 Å². The molecule has 0 spiro atoms. The minimum Gasteiger partial charge on any atom is -0.508 e. The van der Waals surface area contributed by atoms with E-state index >= 15 is 0 Å². The van der Waals surface area contributed by atoms with Crippen LogP contribution in [0.15, 0.2) is 18.2 Å². The van der Waals surface area contributed by atoms with E-state index in [1.54, 1.807) is 0 Å². The molecule has 19 heavy (non-hydrogen) atoms. The fourth-order valence-electron chi connectivity index (χ4n) is 2.49. The van der Waals surface area contributed by atoms with E-state index in [-0.39, 0.29) is 23.9 Å². The quantitative estimate of drug-likeness (QED) is 0.851. The minimum atomic E-state index is -0.758. The average molecular weight is 262 g/mol. The summed E-state index contributed by atoms with van der Waals surface area (Å²) in [6.07, 6.45) is 3.76. The van der Waals surface area contributed by atoms with Crippen LogP contribution in [0.4, 0.5) is 4.39 Å². The number of nitriles is 1. The number of carbonyl (C=O) groups is 1. The third kappa shape index (κ3) is 2.84. The highest BCUT2D eigenvalue weighted by Crippen LogP contribution is 2.26. The molecule has 1 N–H and O–H groups in total. The Bertz CT molecular complexity index is 519. The summed E-state index contributed by atoms with van der Waals surface area (Å²) in [4.78, 5) is 13.7. The van der Waals surface area contributed by atoms with Gasteiger partial charge in [-0.05, 0) is 25.0 Å². The lowest BCUT2D eigenvalue weighted by Gasteiger charge is -2.26. The minimum absolute atomic E-state index is 0.0142. The zero-order valence-corrected chi connectivity index (χ0v) is 10.5. The van der Waals surface area contributed by atoms with Crippen LogP contribution in [0.25, 0.3) is 0 Å². The van der Waals surface area contributed by atoms with Gasteiger partial charge < -0.3 is 10.0 Å². The lowest BCUT2D eigenvalue weighted by Crippen LogP contribution is -2.39. The van der Waals surface area contributed by atoms with Gasteiger partial charge in [-0.3, -0.25) is 4.79 Å². The number of rotatable bonds is 3. The maximum absolute atomic E-state index is 13.7. The monoisotopic (exact) mass is 262 g/mol. The third-order valence-corrected chi connectivity index (χ3v) is 3.45. The van der Waals surface area contributed by atoms with Crippen molar-refractivity contribution in [1.82, 2.24) is 4.90 Å². The normalized spacial score (nSPS) is 15.2. The van der Waals surface area contributed by atoms with Gasteiger partial charge in [-0.1, -0.05) is 12.8 Å². The van der Waals surface area contributed by atoms with E-state index in [2.05, 4.69) is 0 Å². The number of phenolic OH excluding ortho intramolecular Hbond substituents is 1. The Morgan fingerprint density at radius 1 is 1.47 bits per heavy atom. The van der Waals surface area contributed by atoms with Crippen LogP contribution in [0.5, 0.6) is 5.75 Å². The Balaban J connectivity index is 2.25. The number of aromatic hydroxyl groups is 1. The van der Waals surface area contributed by atoms with Gasteiger partial charge in [-0.25, -0.2) is 4.39 Å². The van der Waals surface area contributed by atoms with E-state index in [0.717, 1.165) is 31.7 Å². The molecule has 0 heterocycles. The topological polar surface area (TPSA) is 64.3 Å². The van der Waals surface area contributed by atoms with Gasteiger partial charge >= 0.3 is 0 Å². The Kier molecular flexibility index (Phi) is 4.00. The van der Waals surface area contributed by atoms with Crippen LogP contribution >= 0.6 is 0 Å². The van der Waals surface area contributed by atoms with Crippen LogP contribution < -0.4 is 0 Å². The third-order valence-electron chi connectivity index (χ3n) is 3.45. The maximum atomic E-state index is 13.7. The van der Waals surface area contributed by atoms with Gasteiger partial charge in [-0.15, -0.1) is 0 Å². The summed E-state index contributed by atoms with van der Waals surface area (Å²) in [5, 5.41) is 18.0. The van der Waals surface area contributed by atoms with Crippen molar-refractivity contribution in [2.45, 2.75) is 31.7 Å². The van der Waals surface area contributed by atoms with Gasteiger partial charge in [0.05, 0.1) is 11.6 Å². The van der Waals surface area contributed by atoms with Gasteiger partial charge in [0.15, 0.2) is 0 Å². The maximum Gasteiger partial charge on any atom is 0.257 e. The lowest BCUT2D eigenvalue weighted by atomic mass is 10.1. The summed E-state index contributed by atoms with van der Waals surface area (Å²) in [6.45, 7) is -0.0379. The van der Waals surface area contributed by atoms with Crippen LogP contribution in [-0.2, 0) is 0 Å². The molecule has 0 bridgehead atoms. The molecular formula is C14H15FN2O2. The molecule has 1 fully saturated rings. The standard InChI is InChI=1S/C14H15FN2O2/c15-13-9-11(18)5-6-12(13)14(19)17(8-7-16)10-3-1-2-4-10/h5-6,9-10,18H,1-4,8H2.